The normalized spacial score (nSPS) is 13.8. The van der Waals surface area contributed by atoms with E-state index in [4.69, 9.17) is 16.3 Å². The van der Waals surface area contributed by atoms with Gasteiger partial charge in [0.15, 0.2) is 11.6 Å². The Morgan fingerprint density at radius 2 is 1.96 bits per heavy atom. The monoisotopic (exact) mass is 379 g/mol. The zero-order valence-electron chi connectivity index (χ0n) is 12.6. The number of nitrogens with zero attached hydrogens (tertiary/aromatic N) is 2. The van der Waals surface area contributed by atoms with E-state index >= 15 is 0 Å². The first-order valence-corrected chi connectivity index (χ1v) is 7.30. The Kier molecular flexibility index (Phi) is 4.02. The van der Waals surface area contributed by atoms with E-state index in [1.165, 1.54) is 0 Å². The highest BCUT2D eigenvalue weighted by Gasteiger charge is 2.36. The SMILES string of the molecule is Cn1c(C(F)(F)F)cc(=O)n(-c2c(F)cc(Cl)c3c2NCCO3)c1=O. The van der Waals surface area contributed by atoms with Gasteiger partial charge in [-0.05, 0) is 6.07 Å². The number of ether oxygens (including phenoxy) is 1. The molecule has 0 unspecified atom stereocenters. The number of anilines is 1. The molecule has 2 aromatic rings. The molecule has 0 saturated heterocycles. The number of alkyl halides is 3. The molecule has 1 aromatic heterocycles. The van der Waals surface area contributed by atoms with Crippen LogP contribution in [0.2, 0.25) is 5.02 Å². The third kappa shape index (κ3) is 2.76. The Balaban J connectivity index is 2.38. The van der Waals surface area contributed by atoms with Crippen LogP contribution in [0.15, 0.2) is 21.7 Å². The molecule has 0 bridgehead atoms. The van der Waals surface area contributed by atoms with Gasteiger partial charge in [0.25, 0.3) is 5.56 Å². The minimum Gasteiger partial charge on any atom is -0.488 e. The smallest absolute Gasteiger partial charge is 0.431 e. The molecule has 0 spiro atoms. The fraction of sp³-hybridized carbons (Fsp3) is 0.286. The third-order valence-corrected chi connectivity index (χ3v) is 3.93. The van der Waals surface area contributed by atoms with Crippen molar-refractivity contribution in [1.29, 1.82) is 0 Å². The second-order valence-corrected chi connectivity index (χ2v) is 5.62. The van der Waals surface area contributed by atoms with E-state index in [1.807, 2.05) is 0 Å². The molecule has 11 heteroatoms. The zero-order valence-corrected chi connectivity index (χ0v) is 13.3. The molecule has 1 aromatic carbocycles. The molecule has 6 nitrogen and oxygen atoms in total. The Hall–Kier alpha value is -2.49. The molecule has 0 amide bonds. The second kappa shape index (κ2) is 5.80. The molecular formula is C14H10ClF4N3O3. The number of hydrogen-bond donors (Lipinski definition) is 1. The molecule has 1 aliphatic heterocycles. The number of fused-ring (bicyclic) bond motifs is 1. The maximum absolute atomic E-state index is 14.4. The van der Waals surface area contributed by atoms with Crippen molar-refractivity contribution in [2.45, 2.75) is 6.18 Å². The molecule has 0 radical (unpaired) electrons. The van der Waals surface area contributed by atoms with E-state index in [2.05, 4.69) is 5.32 Å². The molecule has 0 aliphatic carbocycles. The van der Waals surface area contributed by atoms with Crippen LogP contribution in [0, 0.1) is 5.82 Å². The quantitative estimate of drug-likeness (QED) is 0.771. The summed E-state index contributed by atoms with van der Waals surface area (Å²) in [5.74, 6) is -1.04. The van der Waals surface area contributed by atoms with Crippen molar-refractivity contribution in [2.24, 2.45) is 7.05 Å². The van der Waals surface area contributed by atoms with Crippen LogP contribution in [-0.4, -0.2) is 22.3 Å². The van der Waals surface area contributed by atoms with Crippen LogP contribution in [0.5, 0.6) is 5.75 Å². The Morgan fingerprint density at radius 1 is 1.28 bits per heavy atom. The van der Waals surface area contributed by atoms with Crippen LogP contribution in [0.4, 0.5) is 23.2 Å². The average Bonchev–Trinajstić information content (AvgIpc) is 2.53. The predicted octanol–water partition coefficient (Wildman–Crippen LogP) is 2.15. The van der Waals surface area contributed by atoms with Gasteiger partial charge in [-0.3, -0.25) is 9.36 Å². The van der Waals surface area contributed by atoms with Crippen molar-refractivity contribution < 1.29 is 22.3 Å². The standard InChI is InChI=1S/C14H10ClF4N3O3/c1-21-8(14(17,18)19)5-9(23)22(13(21)24)11-7(16)4-6(15)12-10(11)20-2-3-25-12/h4-5,20H,2-3H2,1H3. The molecule has 0 atom stereocenters. The predicted molar refractivity (Wildman–Crippen MR) is 81.2 cm³/mol. The summed E-state index contributed by atoms with van der Waals surface area (Å²) in [6, 6.07) is 1.05. The minimum absolute atomic E-state index is 0.0122. The number of hydrogen-bond acceptors (Lipinski definition) is 4. The Labute approximate surface area is 142 Å². The van der Waals surface area contributed by atoms with Crippen molar-refractivity contribution >= 4 is 17.3 Å². The van der Waals surface area contributed by atoms with Gasteiger partial charge in [0.2, 0.25) is 0 Å². The van der Waals surface area contributed by atoms with E-state index in [0.29, 0.717) is 4.57 Å². The van der Waals surface area contributed by atoms with Gasteiger partial charge < -0.3 is 10.1 Å². The fourth-order valence-corrected chi connectivity index (χ4v) is 2.79. The van der Waals surface area contributed by atoms with Crippen LogP contribution < -0.4 is 21.3 Å². The van der Waals surface area contributed by atoms with Crippen molar-refractivity contribution in [2.75, 3.05) is 18.5 Å². The average molecular weight is 380 g/mol. The van der Waals surface area contributed by atoms with Crippen molar-refractivity contribution in [3.8, 4) is 11.4 Å². The molecule has 0 saturated carbocycles. The first-order chi connectivity index (χ1) is 11.6. The first-order valence-electron chi connectivity index (χ1n) is 6.92. The summed E-state index contributed by atoms with van der Waals surface area (Å²) in [6.07, 6.45) is -4.91. The van der Waals surface area contributed by atoms with E-state index in [0.717, 1.165) is 13.1 Å². The molecule has 3 rings (SSSR count). The number of nitrogens with one attached hydrogen (secondary N) is 1. The number of halogens is 5. The van der Waals surface area contributed by atoms with Crippen molar-refractivity contribution in [3.63, 3.8) is 0 Å². The van der Waals surface area contributed by atoms with Crippen LogP contribution >= 0.6 is 11.6 Å². The van der Waals surface area contributed by atoms with E-state index in [9.17, 15) is 27.2 Å². The van der Waals surface area contributed by atoms with Gasteiger partial charge in [-0.2, -0.15) is 13.2 Å². The van der Waals surface area contributed by atoms with Gasteiger partial charge in [-0.25, -0.2) is 13.8 Å². The minimum atomic E-state index is -4.91. The molecule has 134 valence electrons. The van der Waals surface area contributed by atoms with Gasteiger partial charge >= 0.3 is 11.9 Å². The lowest BCUT2D eigenvalue weighted by Gasteiger charge is -2.24. The molecule has 1 aliphatic rings. The van der Waals surface area contributed by atoms with Crippen molar-refractivity contribution in [3.05, 3.63) is 49.5 Å². The summed E-state index contributed by atoms with van der Waals surface area (Å²) in [5.41, 5.74) is -4.73. The highest BCUT2D eigenvalue weighted by atomic mass is 35.5. The Morgan fingerprint density at radius 3 is 2.60 bits per heavy atom. The number of benzene rings is 1. The largest absolute Gasteiger partial charge is 0.488 e. The topological polar surface area (TPSA) is 65.3 Å². The van der Waals surface area contributed by atoms with Crippen LogP contribution in [0.1, 0.15) is 5.69 Å². The molecule has 0 fully saturated rings. The summed E-state index contributed by atoms with van der Waals surface area (Å²) in [5, 5.41) is 2.65. The maximum atomic E-state index is 14.4. The summed E-state index contributed by atoms with van der Waals surface area (Å²) in [4.78, 5) is 24.5. The maximum Gasteiger partial charge on any atom is 0.431 e. The second-order valence-electron chi connectivity index (χ2n) is 5.21. The molecule has 25 heavy (non-hydrogen) atoms. The highest BCUT2D eigenvalue weighted by molar-refractivity contribution is 6.32. The van der Waals surface area contributed by atoms with Crippen molar-refractivity contribution in [1.82, 2.24) is 9.13 Å². The Bertz CT molecular complexity index is 981. The summed E-state index contributed by atoms with van der Waals surface area (Å²) >= 11 is 5.88. The first kappa shape index (κ1) is 17.3. The third-order valence-electron chi connectivity index (χ3n) is 3.64. The van der Waals surface area contributed by atoms with E-state index in [-0.39, 0.29) is 40.2 Å². The van der Waals surface area contributed by atoms with E-state index < -0.39 is 34.6 Å². The summed E-state index contributed by atoms with van der Waals surface area (Å²) in [7, 11) is 0.839. The van der Waals surface area contributed by atoms with Crippen LogP contribution in [0.3, 0.4) is 0 Å². The lowest BCUT2D eigenvalue weighted by molar-refractivity contribution is -0.144. The van der Waals surface area contributed by atoms with Crippen LogP contribution in [-0.2, 0) is 13.2 Å². The molecule has 2 heterocycles. The van der Waals surface area contributed by atoms with Gasteiger partial charge in [-0.15, -0.1) is 0 Å². The van der Waals surface area contributed by atoms with Gasteiger partial charge in [0.1, 0.15) is 23.7 Å². The lowest BCUT2D eigenvalue weighted by Crippen LogP contribution is -2.41. The molecule has 1 N–H and O–H groups in total. The fourth-order valence-electron chi connectivity index (χ4n) is 2.55. The number of aromatic nitrogens is 2. The van der Waals surface area contributed by atoms with Gasteiger partial charge in [-0.1, -0.05) is 11.6 Å². The van der Waals surface area contributed by atoms with Gasteiger partial charge in [0.05, 0.1) is 5.02 Å². The number of rotatable bonds is 1. The van der Waals surface area contributed by atoms with E-state index in [1.54, 1.807) is 0 Å². The van der Waals surface area contributed by atoms with Crippen LogP contribution in [0.25, 0.3) is 5.69 Å². The lowest BCUT2D eigenvalue weighted by atomic mass is 10.2. The summed E-state index contributed by atoms with van der Waals surface area (Å²) in [6.45, 7) is 0.438. The summed E-state index contributed by atoms with van der Waals surface area (Å²) < 4.78 is 59.0. The van der Waals surface area contributed by atoms with Gasteiger partial charge in [0, 0.05) is 19.7 Å². The highest BCUT2D eigenvalue weighted by Crippen LogP contribution is 2.40. The molecular weight excluding hydrogens is 370 g/mol. The zero-order chi connectivity index (χ0) is 18.5.